The van der Waals surface area contributed by atoms with Crippen LogP contribution in [0.25, 0.3) is 0 Å². The molecule has 10 heteroatoms. The van der Waals surface area contributed by atoms with Crippen molar-refractivity contribution >= 4 is 50.7 Å². The minimum Gasteiger partial charge on any atom is -0.354 e. The number of rotatable bonds is 11. The molecule has 35 heavy (non-hydrogen) atoms. The Labute approximate surface area is 218 Å². The van der Waals surface area contributed by atoms with Gasteiger partial charge in [-0.25, -0.2) is 8.42 Å². The van der Waals surface area contributed by atoms with E-state index in [1.165, 1.54) is 4.90 Å². The molecule has 0 heterocycles. The molecule has 192 valence electrons. The van der Waals surface area contributed by atoms with Crippen molar-refractivity contribution in [3.63, 3.8) is 0 Å². The number of sulfonamides is 1. The minimum absolute atomic E-state index is 0.0536. The van der Waals surface area contributed by atoms with Crippen LogP contribution in [0, 0.1) is 0 Å². The number of benzene rings is 2. The molecule has 0 aliphatic heterocycles. The third kappa shape index (κ3) is 7.85. The van der Waals surface area contributed by atoms with Gasteiger partial charge in [0.1, 0.15) is 12.6 Å². The lowest BCUT2D eigenvalue weighted by atomic mass is 10.0. The van der Waals surface area contributed by atoms with Crippen molar-refractivity contribution in [1.29, 1.82) is 0 Å². The lowest BCUT2D eigenvalue weighted by molar-refractivity contribution is -0.139. The van der Waals surface area contributed by atoms with E-state index in [-0.39, 0.29) is 18.4 Å². The van der Waals surface area contributed by atoms with Crippen molar-refractivity contribution in [2.24, 2.45) is 0 Å². The van der Waals surface area contributed by atoms with Crippen LogP contribution in [0.3, 0.4) is 0 Å². The number of nitrogens with zero attached hydrogens (tertiary/aromatic N) is 2. The summed E-state index contributed by atoms with van der Waals surface area (Å²) in [7, 11) is -3.80. The summed E-state index contributed by atoms with van der Waals surface area (Å²) in [5.41, 5.74) is 1.89. The molecule has 0 aliphatic rings. The molecule has 0 spiro atoms. The van der Waals surface area contributed by atoms with Crippen LogP contribution in [0.2, 0.25) is 10.0 Å². The van der Waals surface area contributed by atoms with Gasteiger partial charge in [-0.15, -0.1) is 0 Å². The normalized spacial score (nSPS) is 12.3. The molecule has 1 atom stereocenters. The lowest BCUT2D eigenvalue weighted by Gasteiger charge is -2.32. The molecule has 0 unspecified atom stereocenters. The SMILES string of the molecule is CCCNC(=O)[C@@H](C)N(Cc1c(Cl)cccc1Cl)C(=O)CN(c1ccc(C(C)C)cc1)S(C)(=O)=O. The number of nitrogens with one attached hydrogen (secondary N) is 1. The Morgan fingerprint density at radius 2 is 1.57 bits per heavy atom. The third-order valence-corrected chi connectivity index (χ3v) is 7.48. The van der Waals surface area contributed by atoms with E-state index in [1.807, 2.05) is 32.9 Å². The lowest BCUT2D eigenvalue weighted by Crippen LogP contribution is -2.51. The zero-order valence-electron chi connectivity index (χ0n) is 20.7. The van der Waals surface area contributed by atoms with Gasteiger partial charge in [0, 0.05) is 28.7 Å². The van der Waals surface area contributed by atoms with Crippen LogP contribution in [-0.2, 0) is 26.2 Å². The van der Waals surface area contributed by atoms with Crippen LogP contribution in [0.1, 0.15) is 51.2 Å². The molecular weight excluding hydrogens is 509 g/mol. The quantitative estimate of drug-likeness (QED) is 0.441. The first-order valence-corrected chi connectivity index (χ1v) is 14.0. The zero-order valence-corrected chi connectivity index (χ0v) is 23.0. The van der Waals surface area contributed by atoms with Crippen molar-refractivity contribution in [1.82, 2.24) is 10.2 Å². The first-order valence-electron chi connectivity index (χ1n) is 11.4. The monoisotopic (exact) mass is 541 g/mol. The summed E-state index contributed by atoms with van der Waals surface area (Å²) in [5, 5.41) is 3.48. The average molecular weight is 543 g/mol. The predicted molar refractivity (Wildman–Crippen MR) is 142 cm³/mol. The minimum atomic E-state index is -3.80. The van der Waals surface area contributed by atoms with Gasteiger partial charge in [0.15, 0.2) is 0 Å². The fraction of sp³-hybridized carbons (Fsp3) is 0.440. The van der Waals surface area contributed by atoms with E-state index in [1.54, 1.807) is 37.3 Å². The van der Waals surface area contributed by atoms with Crippen molar-refractivity contribution in [2.75, 3.05) is 23.7 Å². The first kappa shape index (κ1) is 28.9. The standard InChI is InChI=1S/C25H33Cl2N3O4S/c1-6-14-28-25(32)18(4)29(15-21-22(26)8-7-9-23(21)27)24(31)16-30(35(5,33)34)20-12-10-19(11-13-20)17(2)3/h7-13,17-18H,6,14-16H2,1-5H3,(H,28,32)/t18-/m1/s1. The summed E-state index contributed by atoms with van der Waals surface area (Å²) < 4.78 is 26.3. The third-order valence-electron chi connectivity index (χ3n) is 5.63. The van der Waals surface area contributed by atoms with Gasteiger partial charge in [-0.2, -0.15) is 0 Å². The van der Waals surface area contributed by atoms with Crippen LogP contribution in [-0.4, -0.2) is 50.5 Å². The molecule has 0 saturated heterocycles. The van der Waals surface area contributed by atoms with Gasteiger partial charge in [0.2, 0.25) is 21.8 Å². The molecule has 0 aliphatic carbocycles. The average Bonchev–Trinajstić information content (AvgIpc) is 2.79. The van der Waals surface area contributed by atoms with E-state index in [4.69, 9.17) is 23.2 Å². The topological polar surface area (TPSA) is 86.8 Å². The van der Waals surface area contributed by atoms with E-state index in [2.05, 4.69) is 5.32 Å². The Morgan fingerprint density at radius 3 is 2.06 bits per heavy atom. The molecule has 2 rings (SSSR count). The van der Waals surface area contributed by atoms with E-state index in [9.17, 15) is 18.0 Å². The molecule has 1 N–H and O–H groups in total. The number of hydrogen-bond donors (Lipinski definition) is 1. The highest BCUT2D eigenvalue weighted by molar-refractivity contribution is 7.92. The van der Waals surface area contributed by atoms with Crippen LogP contribution in [0.4, 0.5) is 5.69 Å². The van der Waals surface area contributed by atoms with E-state index >= 15 is 0 Å². The van der Waals surface area contributed by atoms with E-state index in [0.717, 1.165) is 22.5 Å². The van der Waals surface area contributed by atoms with Crippen LogP contribution in [0.15, 0.2) is 42.5 Å². The van der Waals surface area contributed by atoms with Gasteiger partial charge >= 0.3 is 0 Å². The van der Waals surface area contributed by atoms with Gasteiger partial charge in [-0.1, -0.05) is 62.2 Å². The van der Waals surface area contributed by atoms with Crippen molar-refractivity contribution in [2.45, 2.75) is 52.6 Å². The zero-order chi connectivity index (χ0) is 26.3. The molecule has 7 nitrogen and oxygen atoms in total. The van der Waals surface area contributed by atoms with Gasteiger partial charge < -0.3 is 10.2 Å². The Kier molecular flexibility index (Phi) is 10.4. The maximum atomic E-state index is 13.5. The summed E-state index contributed by atoms with van der Waals surface area (Å²) >= 11 is 12.7. The second-order valence-corrected chi connectivity index (χ2v) is 11.4. The number of carbonyl (C=O) groups is 2. The Balaban J connectivity index is 2.42. The van der Waals surface area contributed by atoms with Crippen LogP contribution < -0.4 is 9.62 Å². The number of halogens is 2. The number of anilines is 1. The Hall–Kier alpha value is -2.29. The highest BCUT2D eigenvalue weighted by atomic mass is 35.5. The number of carbonyl (C=O) groups excluding carboxylic acids is 2. The second kappa shape index (κ2) is 12.6. The van der Waals surface area contributed by atoms with Crippen LogP contribution in [0.5, 0.6) is 0 Å². The fourth-order valence-corrected chi connectivity index (χ4v) is 4.84. The maximum absolute atomic E-state index is 13.5. The smallest absolute Gasteiger partial charge is 0.244 e. The van der Waals surface area contributed by atoms with Gasteiger partial charge in [-0.3, -0.25) is 13.9 Å². The first-order chi connectivity index (χ1) is 16.4. The molecule has 0 bridgehead atoms. The molecular formula is C25H33Cl2N3O4S. The van der Waals surface area contributed by atoms with Gasteiger partial charge in [-0.05, 0) is 49.1 Å². The Bertz CT molecular complexity index is 1120. The summed E-state index contributed by atoms with van der Waals surface area (Å²) in [6.07, 6.45) is 1.78. The number of amides is 2. The number of hydrogen-bond acceptors (Lipinski definition) is 4. The van der Waals surface area contributed by atoms with Crippen LogP contribution >= 0.6 is 23.2 Å². The van der Waals surface area contributed by atoms with Crippen molar-refractivity contribution < 1.29 is 18.0 Å². The maximum Gasteiger partial charge on any atom is 0.244 e. The summed E-state index contributed by atoms with van der Waals surface area (Å²) in [6.45, 7) is 7.51. The molecule has 0 fully saturated rings. The summed E-state index contributed by atoms with van der Waals surface area (Å²) in [5.74, 6) is -0.634. The molecule has 0 saturated carbocycles. The molecule has 2 aromatic carbocycles. The van der Waals surface area contributed by atoms with Crippen molar-refractivity contribution in [3.8, 4) is 0 Å². The highest BCUT2D eigenvalue weighted by Crippen LogP contribution is 2.27. The summed E-state index contributed by atoms with van der Waals surface area (Å²) in [4.78, 5) is 27.6. The predicted octanol–water partition coefficient (Wildman–Crippen LogP) is 4.83. The fourth-order valence-electron chi connectivity index (χ4n) is 3.47. The van der Waals surface area contributed by atoms with Gasteiger partial charge in [0.05, 0.1) is 11.9 Å². The molecule has 2 amide bonds. The second-order valence-electron chi connectivity index (χ2n) is 8.70. The van der Waals surface area contributed by atoms with E-state index in [0.29, 0.717) is 27.8 Å². The molecule has 0 radical (unpaired) electrons. The van der Waals surface area contributed by atoms with Gasteiger partial charge in [0.25, 0.3) is 0 Å². The largest absolute Gasteiger partial charge is 0.354 e. The summed E-state index contributed by atoms with van der Waals surface area (Å²) in [6, 6.07) is 11.1. The van der Waals surface area contributed by atoms with Crippen molar-refractivity contribution in [3.05, 3.63) is 63.6 Å². The molecule has 2 aromatic rings. The molecule has 0 aromatic heterocycles. The Morgan fingerprint density at radius 1 is 1.00 bits per heavy atom. The highest BCUT2D eigenvalue weighted by Gasteiger charge is 2.30. The van der Waals surface area contributed by atoms with E-state index < -0.39 is 28.5 Å².